The van der Waals surface area contributed by atoms with Gasteiger partial charge in [0.25, 0.3) is 0 Å². The van der Waals surface area contributed by atoms with Crippen LogP contribution in [0.2, 0.25) is 5.02 Å². The minimum Gasteiger partial charge on any atom is -0.508 e. The standard InChI is InChI=1S/C6H3ClF2O/c7-6-4(8)1-3(10)2-5(6)9/h1-2,10H. The van der Waals surface area contributed by atoms with Crippen LogP contribution in [0.5, 0.6) is 5.75 Å². The summed E-state index contributed by atoms with van der Waals surface area (Å²) in [5, 5.41) is 7.98. The number of phenols is 1. The van der Waals surface area contributed by atoms with E-state index in [0.717, 1.165) is 12.1 Å². The van der Waals surface area contributed by atoms with E-state index in [2.05, 4.69) is 0 Å². The van der Waals surface area contributed by atoms with Gasteiger partial charge >= 0.3 is 0 Å². The predicted molar refractivity (Wildman–Crippen MR) is 33.0 cm³/mol. The average molecular weight is 165 g/mol. The van der Waals surface area contributed by atoms with E-state index in [-0.39, 0.29) is 0 Å². The summed E-state index contributed by atoms with van der Waals surface area (Å²) in [6, 6.07) is 1.48. The lowest BCUT2D eigenvalue weighted by molar-refractivity contribution is 0.460. The highest BCUT2D eigenvalue weighted by atomic mass is 35.5. The van der Waals surface area contributed by atoms with Crippen molar-refractivity contribution in [2.24, 2.45) is 0 Å². The number of halogens is 3. The number of aromatic hydroxyl groups is 1. The summed E-state index contributed by atoms with van der Waals surface area (Å²) in [5.74, 6) is -2.39. The van der Waals surface area contributed by atoms with Gasteiger partial charge in [-0.05, 0) is 0 Å². The lowest BCUT2D eigenvalue weighted by Crippen LogP contribution is -1.81. The highest BCUT2D eigenvalue weighted by Gasteiger charge is 2.06. The molecule has 0 saturated carbocycles. The Kier molecular flexibility index (Phi) is 1.76. The van der Waals surface area contributed by atoms with Gasteiger partial charge in [-0.3, -0.25) is 0 Å². The van der Waals surface area contributed by atoms with Crippen LogP contribution in [0.25, 0.3) is 0 Å². The molecule has 0 amide bonds. The summed E-state index contributed by atoms with van der Waals surface area (Å²) in [5.41, 5.74) is 0. The number of phenolic OH excluding ortho intramolecular Hbond substituents is 1. The Balaban J connectivity index is 3.31. The molecule has 0 aliphatic carbocycles. The number of hydrogen-bond acceptors (Lipinski definition) is 1. The summed E-state index contributed by atoms with van der Waals surface area (Å²) < 4.78 is 24.6. The molecule has 10 heavy (non-hydrogen) atoms. The first-order chi connectivity index (χ1) is 4.61. The zero-order valence-corrected chi connectivity index (χ0v) is 5.49. The average Bonchev–Trinajstić information content (AvgIpc) is 1.82. The molecule has 0 atom stereocenters. The topological polar surface area (TPSA) is 20.2 Å². The van der Waals surface area contributed by atoms with Gasteiger partial charge in [0.1, 0.15) is 22.4 Å². The summed E-state index contributed by atoms with van der Waals surface area (Å²) in [4.78, 5) is 0. The lowest BCUT2D eigenvalue weighted by atomic mass is 10.3. The maximum absolute atomic E-state index is 12.3. The molecule has 0 bridgehead atoms. The fraction of sp³-hybridized carbons (Fsp3) is 0. The Morgan fingerprint density at radius 1 is 1.20 bits per heavy atom. The Morgan fingerprint density at radius 2 is 1.60 bits per heavy atom. The first-order valence-corrected chi connectivity index (χ1v) is 2.82. The number of rotatable bonds is 0. The van der Waals surface area contributed by atoms with E-state index >= 15 is 0 Å². The molecule has 1 aromatic carbocycles. The van der Waals surface area contributed by atoms with Crippen LogP contribution in [-0.4, -0.2) is 5.11 Å². The highest BCUT2D eigenvalue weighted by Crippen LogP contribution is 2.23. The van der Waals surface area contributed by atoms with Gasteiger partial charge in [-0.1, -0.05) is 11.6 Å². The maximum atomic E-state index is 12.3. The van der Waals surface area contributed by atoms with Crippen molar-refractivity contribution in [3.63, 3.8) is 0 Å². The van der Waals surface area contributed by atoms with Crippen LogP contribution in [-0.2, 0) is 0 Å². The van der Waals surface area contributed by atoms with E-state index in [0.29, 0.717) is 0 Å². The van der Waals surface area contributed by atoms with Gasteiger partial charge in [-0.15, -0.1) is 0 Å². The normalized spacial score (nSPS) is 9.90. The van der Waals surface area contributed by atoms with Crippen molar-refractivity contribution in [2.45, 2.75) is 0 Å². The second-order valence-corrected chi connectivity index (χ2v) is 2.10. The molecule has 0 aromatic heterocycles. The van der Waals surface area contributed by atoms with Crippen LogP contribution in [0.15, 0.2) is 12.1 Å². The Hall–Kier alpha value is -0.830. The van der Waals surface area contributed by atoms with Gasteiger partial charge < -0.3 is 5.11 Å². The molecule has 0 heterocycles. The predicted octanol–water partition coefficient (Wildman–Crippen LogP) is 2.32. The van der Waals surface area contributed by atoms with Crippen LogP contribution in [0.3, 0.4) is 0 Å². The van der Waals surface area contributed by atoms with Gasteiger partial charge in [0.05, 0.1) is 0 Å². The minimum atomic E-state index is -0.959. The van der Waals surface area contributed by atoms with Crippen molar-refractivity contribution in [2.75, 3.05) is 0 Å². The molecule has 1 N–H and O–H groups in total. The van der Waals surface area contributed by atoms with Crippen molar-refractivity contribution < 1.29 is 13.9 Å². The maximum Gasteiger partial charge on any atom is 0.148 e. The van der Waals surface area contributed by atoms with E-state index in [4.69, 9.17) is 16.7 Å². The minimum absolute atomic E-state index is 0.473. The molecule has 4 heteroatoms. The number of hydrogen-bond donors (Lipinski definition) is 1. The first-order valence-electron chi connectivity index (χ1n) is 2.45. The molecule has 0 aliphatic heterocycles. The molecule has 0 saturated heterocycles. The molecule has 1 aromatic rings. The molecule has 1 nitrogen and oxygen atoms in total. The third-order valence-electron chi connectivity index (χ3n) is 0.969. The van der Waals surface area contributed by atoms with E-state index in [1.807, 2.05) is 0 Å². The Bertz CT molecular complexity index is 239. The van der Waals surface area contributed by atoms with Crippen molar-refractivity contribution in [3.8, 4) is 5.75 Å². The molecule has 1 rings (SSSR count). The third-order valence-corrected chi connectivity index (χ3v) is 1.33. The van der Waals surface area contributed by atoms with Gasteiger partial charge in [-0.2, -0.15) is 0 Å². The quantitative estimate of drug-likeness (QED) is 0.584. The molecule has 0 radical (unpaired) electrons. The molecule has 0 spiro atoms. The smallest absolute Gasteiger partial charge is 0.148 e. The summed E-state index contributed by atoms with van der Waals surface area (Å²) >= 11 is 5.09. The number of benzene rings is 1. The molecular weight excluding hydrogens is 162 g/mol. The van der Waals surface area contributed by atoms with Crippen molar-refractivity contribution in [1.82, 2.24) is 0 Å². The van der Waals surface area contributed by atoms with Crippen LogP contribution >= 0.6 is 11.6 Å². The fourth-order valence-electron chi connectivity index (χ4n) is 0.542. The molecule has 0 fully saturated rings. The van der Waals surface area contributed by atoms with Crippen molar-refractivity contribution in [3.05, 3.63) is 28.8 Å². The second-order valence-electron chi connectivity index (χ2n) is 1.72. The van der Waals surface area contributed by atoms with Crippen molar-refractivity contribution in [1.29, 1.82) is 0 Å². The SMILES string of the molecule is Oc1cc(F)c(Cl)c(F)c1. The van der Waals surface area contributed by atoms with Gasteiger partial charge in [0.15, 0.2) is 0 Å². The van der Waals surface area contributed by atoms with Crippen LogP contribution in [0, 0.1) is 11.6 Å². The van der Waals surface area contributed by atoms with E-state index < -0.39 is 22.4 Å². The highest BCUT2D eigenvalue weighted by molar-refractivity contribution is 6.30. The van der Waals surface area contributed by atoms with Crippen LogP contribution < -0.4 is 0 Å². The Labute approximate surface area is 60.9 Å². The molecule has 0 aliphatic rings. The van der Waals surface area contributed by atoms with Crippen LogP contribution in [0.1, 0.15) is 0 Å². The second kappa shape index (κ2) is 2.42. The van der Waals surface area contributed by atoms with Gasteiger partial charge in [0, 0.05) is 12.1 Å². The fourth-order valence-corrected chi connectivity index (χ4v) is 0.651. The van der Waals surface area contributed by atoms with E-state index in [1.54, 1.807) is 0 Å². The van der Waals surface area contributed by atoms with Gasteiger partial charge in [0.2, 0.25) is 0 Å². The zero-order valence-electron chi connectivity index (χ0n) is 4.74. The van der Waals surface area contributed by atoms with E-state index in [9.17, 15) is 8.78 Å². The molecule has 54 valence electrons. The Morgan fingerprint density at radius 3 is 2.00 bits per heavy atom. The third kappa shape index (κ3) is 1.19. The molecular formula is C6H3ClF2O. The van der Waals surface area contributed by atoms with Gasteiger partial charge in [-0.25, -0.2) is 8.78 Å². The summed E-state index contributed by atoms with van der Waals surface area (Å²) in [6.07, 6.45) is 0. The van der Waals surface area contributed by atoms with Crippen molar-refractivity contribution >= 4 is 11.6 Å². The van der Waals surface area contributed by atoms with Crippen LogP contribution in [0.4, 0.5) is 8.78 Å². The zero-order chi connectivity index (χ0) is 7.72. The lowest BCUT2D eigenvalue weighted by Gasteiger charge is -1.95. The molecule has 0 unspecified atom stereocenters. The summed E-state index contributed by atoms with van der Waals surface area (Å²) in [7, 11) is 0. The first kappa shape index (κ1) is 7.28. The van der Waals surface area contributed by atoms with E-state index in [1.165, 1.54) is 0 Å². The monoisotopic (exact) mass is 164 g/mol. The largest absolute Gasteiger partial charge is 0.508 e. The summed E-state index contributed by atoms with van der Waals surface area (Å²) in [6.45, 7) is 0.